The predicted molar refractivity (Wildman–Crippen MR) is 87.3 cm³/mol. The van der Waals surface area contributed by atoms with Gasteiger partial charge in [-0.3, -0.25) is 0 Å². The van der Waals surface area contributed by atoms with Crippen molar-refractivity contribution in [3.05, 3.63) is 58.7 Å². The number of rotatable bonds is 3. The average Bonchev–Trinajstić information content (AvgIpc) is 2.38. The van der Waals surface area contributed by atoms with E-state index in [-0.39, 0.29) is 0 Å². The van der Waals surface area contributed by atoms with Crippen LogP contribution in [0.15, 0.2) is 36.4 Å². The fourth-order valence-electron chi connectivity index (χ4n) is 2.15. The van der Waals surface area contributed by atoms with Crippen LogP contribution in [0, 0.1) is 13.8 Å². The van der Waals surface area contributed by atoms with Gasteiger partial charge < -0.3 is 10.0 Å². The van der Waals surface area contributed by atoms with Crippen molar-refractivity contribution in [2.24, 2.45) is 0 Å². The van der Waals surface area contributed by atoms with E-state index in [1.807, 2.05) is 27.1 Å². The summed E-state index contributed by atoms with van der Waals surface area (Å²) in [6, 6.07) is 11.9. The number of nitrogens with zero attached hydrogens (tertiary/aromatic N) is 1. The zero-order chi connectivity index (χ0) is 14.7. The molecule has 0 saturated carbocycles. The molecule has 0 fully saturated rings. The summed E-state index contributed by atoms with van der Waals surface area (Å²) in [6.45, 7) is 4.12. The van der Waals surface area contributed by atoms with E-state index >= 15 is 0 Å². The van der Waals surface area contributed by atoms with Gasteiger partial charge in [-0.25, -0.2) is 0 Å². The minimum Gasteiger partial charge on any atom is -0.508 e. The number of hydrogen-bond donors (Lipinski definition) is 1. The summed E-state index contributed by atoms with van der Waals surface area (Å²) in [4.78, 5) is 2.10. The minimum atomic E-state index is 0.311. The monoisotopic (exact) mass is 267 g/mol. The number of aromatic hydroxyl groups is 1. The SMILES string of the molecule is Cc1cc(O)ccc1/C=C/c1ccc(N(C)C)cc1C. The van der Waals surface area contributed by atoms with Crippen molar-refractivity contribution in [1.29, 1.82) is 0 Å². The second-order valence-corrected chi connectivity index (χ2v) is 5.31. The first kappa shape index (κ1) is 14.2. The van der Waals surface area contributed by atoms with E-state index in [0.29, 0.717) is 5.75 Å². The van der Waals surface area contributed by atoms with E-state index in [9.17, 15) is 5.11 Å². The number of aryl methyl sites for hydroxylation is 2. The molecule has 1 N–H and O–H groups in total. The number of hydrogen-bond acceptors (Lipinski definition) is 2. The molecule has 0 aliphatic heterocycles. The first-order valence-electron chi connectivity index (χ1n) is 6.73. The standard InChI is InChI=1S/C18H21NO/c1-13-11-17(19(3)4)9-7-15(13)5-6-16-8-10-18(20)12-14(16)2/h5-12,20H,1-4H3/b6-5+. The van der Waals surface area contributed by atoms with Gasteiger partial charge in [0.05, 0.1) is 0 Å². The van der Waals surface area contributed by atoms with Crippen LogP contribution < -0.4 is 4.90 Å². The molecule has 0 aliphatic rings. The third kappa shape index (κ3) is 3.21. The molecule has 0 spiro atoms. The van der Waals surface area contributed by atoms with Gasteiger partial charge in [0.1, 0.15) is 5.75 Å². The maximum absolute atomic E-state index is 9.42. The smallest absolute Gasteiger partial charge is 0.115 e. The van der Waals surface area contributed by atoms with Crippen molar-refractivity contribution < 1.29 is 5.11 Å². The van der Waals surface area contributed by atoms with Crippen molar-refractivity contribution in [2.45, 2.75) is 13.8 Å². The lowest BCUT2D eigenvalue weighted by Gasteiger charge is -2.14. The Hall–Kier alpha value is -2.22. The summed E-state index contributed by atoms with van der Waals surface area (Å²) in [7, 11) is 4.09. The summed E-state index contributed by atoms with van der Waals surface area (Å²) < 4.78 is 0. The van der Waals surface area contributed by atoms with E-state index in [4.69, 9.17) is 0 Å². The van der Waals surface area contributed by atoms with Crippen molar-refractivity contribution in [3.8, 4) is 5.75 Å². The summed E-state index contributed by atoms with van der Waals surface area (Å²) in [5, 5.41) is 9.42. The van der Waals surface area contributed by atoms with Crippen LogP contribution in [0.5, 0.6) is 5.75 Å². The zero-order valence-corrected chi connectivity index (χ0v) is 12.5. The molecule has 0 saturated heterocycles. The van der Waals surface area contributed by atoms with Crippen molar-refractivity contribution in [1.82, 2.24) is 0 Å². The molecule has 0 unspecified atom stereocenters. The summed E-state index contributed by atoms with van der Waals surface area (Å²) in [5.41, 5.74) is 5.87. The summed E-state index contributed by atoms with van der Waals surface area (Å²) in [5.74, 6) is 0.311. The van der Waals surface area contributed by atoms with Crippen LogP contribution in [-0.4, -0.2) is 19.2 Å². The molecule has 0 amide bonds. The van der Waals surface area contributed by atoms with Crippen LogP contribution in [0.25, 0.3) is 12.2 Å². The van der Waals surface area contributed by atoms with Gasteiger partial charge in [0, 0.05) is 19.8 Å². The Balaban J connectivity index is 2.27. The topological polar surface area (TPSA) is 23.5 Å². The summed E-state index contributed by atoms with van der Waals surface area (Å²) >= 11 is 0. The van der Waals surface area contributed by atoms with Gasteiger partial charge in [0.25, 0.3) is 0 Å². The van der Waals surface area contributed by atoms with E-state index < -0.39 is 0 Å². The largest absolute Gasteiger partial charge is 0.508 e. The highest BCUT2D eigenvalue weighted by Gasteiger charge is 2.00. The average molecular weight is 267 g/mol. The quantitative estimate of drug-likeness (QED) is 0.841. The highest BCUT2D eigenvalue weighted by atomic mass is 16.3. The molecule has 2 heteroatoms. The summed E-state index contributed by atoms with van der Waals surface area (Å²) in [6.07, 6.45) is 4.21. The fraction of sp³-hybridized carbons (Fsp3) is 0.222. The molecule has 0 heterocycles. The zero-order valence-electron chi connectivity index (χ0n) is 12.5. The van der Waals surface area contributed by atoms with Crippen LogP contribution in [0.2, 0.25) is 0 Å². The lowest BCUT2D eigenvalue weighted by molar-refractivity contribution is 0.475. The fourth-order valence-corrected chi connectivity index (χ4v) is 2.15. The Morgan fingerprint density at radius 2 is 1.40 bits per heavy atom. The van der Waals surface area contributed by atoms with Crippen LogP contribution in [-0.2, 0) is 0 Å². The van der Waals surface area contributed by atoms with Gasteiger partial charge in [-0.15, -0.1) is 0 Å². The Morgan fingerprint density at radius 3 is 1.90 bits per heavy atom. The van der Waals surface area contributed by atoms with Gasteiger partial charge in [-0.1, -0.05) is 24.3 Å². The first-order valence-corrected chi connectivity index (χ1v) is 6.73. The number of benzene rings is 2. The molecule has 0 aromatic heterocycles. The van der Waals surface area contributed by atoms with Crippen LogP contribution in [0.3, 0.4) is 0 Å². The lowest BCUT2D eigenvalue weighted by atomic mass is 10.0. The molecule has 0 bridgehead atoms. The maximum Gasteiger partial charge on any atom is 0.115 e. The van der Waals surface area contributed by atoms with Crippen LogP contribution in [0.4, 0.5) is 5.69 Å². The number of phenols is 1. The van der Waals surface area contributed by atoms with E-state index in [1.54, 1.807) is 12.1 Å². The Bertz CT molecular complexity index is 642. The van der Waals surface area contributed by atoms with Crippen LogP contribution >= 0.6 is 0 Å². The first-order chi connectivity index (χ1) is 9.47. The maximum atomic E-state index is 9.42. The number of anilines is 1. The van der Waals surface area contributed by atoms with Crippen LogP contribution in [0.1, 0.15) is 22.3 Å². The predicted octanol–water partition coefficient (Wildman–Crippen LogP) is 4.25. The second-order valence-electron chi connectivity index (χ2n) is 5.31. The lowest BCUT2D eigenvalue weighted by Crippen LogP contribution is -2.08. The van der Waals surface area contributed by atoms with E-state index in [0.717, 1.165) is 11.1 Å². The molecule has 2 nitrogen and oxygen atoms in total. The van der Waals surface area contributed by atoms with E-state index in [1.165, 1.54) is 16.8 Å². The third-order valence-electron chi connectivity index (χ3n) is 3.47. The van der Waals surface area contributed by atoms with Gasteiger partial charge in [-0.2, -0.15) is 0 Å². The van der Waals surface area contributed by atoms with Gasteiger partial charge >= 0.3 is 0 Å². The minimum absolute atomic E-state index is 0.311. The highest BCUT2D eigenvalue weighted by Crippen LogP contribution is 2.21. The molecule has 20 heavy (non-hydrogen) atoms. The Labute approximate surface area is 121 Å². The molecular weight excluding hydrogens is 246 g/mol. The molecular formula is C18H21NO. The molecule has 2 rings (SSSR count). The number of phenolic OH excluding ortho intramolecular Hbond substituents is 1. The van der Waals surface area contributed by atoms with Crippen molar-refractivity contribution >= 4 is 17.8 Å². The Morgan fingerprint density at radius 1 is 0.850 bits per heavy atom. The molecule has 0 aliphatic carbocycles. The van der Waals surface area contributed by atoms with E-state index in [2.05, 4.69) is 42.2 Å². The van der Waals surface area contributed by atoms with Gasteiger partial charge in [0.2, 0.25) is 0 Å². The van der Waals surface area contributed by atoms with Gasteiger partial charge in [0.15, 0.2) is 0 Å². The van der Waals surface area contributed by atoms with Crippen molar-refractivity contribution in [2.75, 3.05) is 19.0 Å². The normalized spacial score (nSPS) is 11.0. The second kappa shape index (κ2) is 5.83. The Kier molecular flexibility index (Phi) is 4.14. The molecule has 0 radical (unpaired) electrons. The molecule has 2 aromatic rings. The van der Waals surface area contributed by atoms with Crippen molar-refractivity contribution in [3.63, 3.8) is 0 Å². The third-order valence-corrected chi connectivity index (χ3v) is 3.47. The van der Waals surface area contributed by atoms with Gasteiger partial charge in [-0.05, 0) is 60.4 Å². The molecule has 2 aromatic carbocycles. The molecule has 0 atom stereocenters. The molecule has 104 valence electrons. The highest BCUT2D eigenvalue weighted by molar-refractivity contribution is 5.73.